The van der Waals surface area contributed by atoms with Crippen molar-refractivity contribution in [2.75, 3.05) is 13.1 Å². The van der Waals surface area contributed by atoms with Crippen LogP contribution < -0.4 is 10.6 Å². The number of carbonyl (C=O) groups excluding carboxylic acids is 1. The lowest BCUT2D eigenvalue weighted by Gasteiger charge is -2.15. The maximum atomic E-state index is 12.1. The van der Waals surface area contributed by atoms with Gasteiger partial charge in [0.25, 0.3) is 5.91 Å². The highest BCUT2D eigenvalue weighted by atomic mass is 35.5. The summed E-state index contributed by atoms with van der Waals surface area (Å²) in [5.74, 6) is -0.0423. The van der Waals surface area contributed by atoms with E-state index in [0.29, 0.717) is 10.7 Å². The Labute approximate surface area is 106 Å². The van der Waals surface area contributed by atoms with E-state index in [0.717, 1.165) is 19.5 Å². The summed E-state index contributed by atoms with van der Waals surface area (Å²) < 4.78 is 1.90. The molecule has 5 heteroatoms. The third-order valence-electron chi connectivity index (χ3n) is 3.00. The molecule has 0 saturated carbocycles. The Hall–Kier alpha value is -1.00. The van der Waals surface area contributed by atoms with Gasteiger partial charge in [-0.1, -0.05) is 11.6 Å². The van der Waals surface area contributed by atoms with Gasteiger partial charge in [-0.2, -0.15) is 0 Å². The lowest BCUT2D eigenvalue weighted by molar-refractivity contribution is 0.0929. The number of nitrogens with zero attached hydrogens (tertiary/aromatic N) is 1. The molecule has 4 nitrogen and oxygen atoms in total. The molecule has 1 aromatic rings. The van der Waals surface area contributed by atoms with Crippen LogP contribution >= 0.6 is 11.6 Å². The molecule has 0 aromatic carbocycles. The standard InChI is InChI=1S/C12H18ClN3O/c1-8(2)16-7-9(13)5-11(16)12(17)15-10-3-4-14-6-10/h5,7-8,10,14H,3-4,6H2,1-2H3,(H,15,17)/t10-/m0/s1. The van der Waals surface area contributed by atoms with Crippen LogP contribution in [0.1, 0.15) is 36.8 Å². The van der Waals surface area contributed by atoms with Crippen molar-refractivity contribution in [3.8, 4) is 0 Å². The van der Waals surface area contributed by atoms with Gasteiger partial charge in [-0.3, -0.25) is 4.79 Å². The minimum Gasteiger partial charge on any atom is -0.347 e. The third kappa shape index (κ3) is 2.82. The van der Waals surface area contributed by atoms with Crippen LogP contribution in [0.5, 0.6) is 0 Å². The highest BCUT2D eigenvalue weighted by Crippen LogP contribution is 2.19. The molecule has 0 radical (unpaired) electrons. The molecule has 17 heavy (non-hydrogen) atoms. The second-order valence-electron chi connectivity index (χ2n) is 4.71. The van der Waals surface area contributed by atoms with Gasteiger partial charge in [0.05, 0.1) is 5.02 Å². The van der Waals surface area contributed by atoms with Crippen molar-refractivity contribution >= 4 is 17.5 Å². The summed E-state index contributed by atoms with van der Waals surface area (Å²) in [5, 5.41) is 6.85. The molecule has 2 heterocycles. The molecule has 0 unspecified atom stereocenters. The van der Waals surface area contributed by atoms with Gasteiger partial charge in [-0.05, 0) is 32.9 Å². The zero-order chi connectivity index (χ0) is 12.4. The normalized spacial score (nSPS) is 19.9. The van der Waals surface area contributed by atoms with Crippen LogP contribution in [0, 0.1) is 0 Å². The molecule has 1 saturated heterocycles. The molecular weight excluding hydrogens is 238 g/mol. The minimum absolute atomic E-state index is 0.0423. The van der Waals surface area contributed by atoms with Gasteiger partial charge >= 0.3 is 0 Å². The molecule has 1 aromatic heterocycles. The summed E-state index contributed by atoms with van der Waals surface area (Å²) in [6.07, 6.45) is 2.79. The lowest BCUT2D eigenvalue weighted by Crippen LogP contribution is -2.37. The molecule has 1 atom stereocenters. The average Bonchev–Trinajstić information content (AvgIpc) is 2.86. The van der Waals surface area contributed by atoms with Crippen molar-refractivity contribution in [2.45, 2.75) is 32.4 Å². The summed E-state index contributed by atoms with van der Waals surface area (Å²) in [5.41, 5.74) is 0.636. The minimum atomic E-state index is -0.0423. The van der Waals surface area contributed by atoms with Crippen molar-refractivity contribution in [1.82, 2.24) is 15.2 Å². The van der Waals surface area contributed by atoms with Crippen LogP contribution in [0.2, 0.25) is 5.02 Å². The second kappa shape index (κ2) is 5.10. The van der Waals surface area contributed by atoms with Crippen molar-refractivity contribution in [3.63, 3.8) is 0 Å². The second-order valence-corrected chi connectivity index (χ2v) is 5.14. The van der Waals surface area contributed by atoms with Crippen molar-refractivity contribution in [1.29, 1.82) is 0 Å². The average molecular weight is 256 g/mol. The first kappa shape index (κ1) is 12.5. The van der Waals surface area contributed by atoms with Gasteiger partial charge in [0, 0.05) is 24.8 Å². The first-order valence-corrected chi connectivity index (χ1v) is 6.34. The zero-order valence-electron chi connectivity index (χ0n) is 10.2. The van der Waals surface area contributed by atoms with Gasteiger partial charge < -0.3 is 15.2 Å². The number of halogens is 1. The Bertz CT molecular complexity index is 408. The van der Waals surface area contributed by atoms with Crippen LogP contribution in [0.3, 0.4) is 0 Å². The van der Waals surface area contributed by atoms with Gasteiger partial charge in [0.1, 0.15) is 5.69 Å². The van der Waals surface area contributed by atoms with Crippen molar-refractivity contribution in [2.24, 2.45) is 0 Å². The third-order valence-corrected chi connectivity index (χ3v) is 3.21. The predicted molar refractivity (Wildman–Crippen MR) is 68.6 cm³/mol. The molecule has 1 fully saturated rings. The van der Waals surface area contributed by atoms with E-state index < -0.39 is 0 Å². The van der Waals surface area contributed by atoms with Crippen LogP contribution in [-0.2, 0) is 0 Å². The number of carbonyl (C=O) groups is 1. The molecule has 1 aliphatic heterocycles. The smallest absolute Gasteiger partial charge is 0.268 e. The van der Waals surface area contributed by atoms with Gasteiger partial charge in [0.2, 0.25) is 0 Å². The molecule has 1 amide bonds. The Morgan fingerprint density at radius 3 is 3.00 bits per heavy atom. The topological polar surface area (TPSA) is 46.1 Å². The van der Waals surface area contributed by atoms with E-state index in [1.807, 2.05) is 18.4 Å². The van der Waals surface area contributed by atoms with E-state index in [1.54, 1.807) is 12.3 Å². The Morgan fingerprint density at radius 1 is 1.65 bits per heavy atom. The molecule has 1 aliphatic rings. The van der Waals surface area contributed by atoms with Crippen LogP contribution in [0.25, 0.3) is 0 Å². The maximum absolute atomic E-state index is 12.1. The highest BCUT2D eigenvalue weighted by molar-refractivity contribution is 6.31. The van der Waals surface area contributed by atoms with E-state index in [9.17, 15) is 4.79 Å². The van der Waals surface area contributed by atoms with Crippen LogP contribution in [0.4, 0.5) is 0 Å². The van der Waals surface area contributed by atoms with E-state index in [2.05, 4.69) is 10.6 Å². The summed E-state index contributed by atoms with van der Waals surface area (Å²) in [6.45, 7) is 5.88. The molecule has 2 rings (SSSR count). The van der Waals surface area contributed by atoms with E-state index >= 15 is 0 Å². The van der Waals surface area contributed by atoms with Crippen LogP contribution in [-0.4, -0.2) is 29.6 Å². The number of nitrogens with one attached hydrogen (secondary N) is 2. The molecule has 0 aliphatic carbocycles. The fourth-order valence-electron chi connectivity index (χ4n) is 2.09. The molecular formula is C12H18ClN3O. The number of hydrogen-bond acceptors (Lipinski definition) is 2. The van der Waals surface area contributed by atoms with Gasteiger partial charge in [0.15, 0.2) is 0 Å². The largest absolute Gasteiger partial charge is 0.347 e. The van der Waals surface area contributed by atoms with E-state index in [-0.39, 0.29) is 18.0 Å². The van der Waals surface area contributed by atoms with E-state index in [1.165, 1.54) is 0 Å². The van der Waals surface area contributed by atoms with Crippen LogP contribution in [0.15, 0.2) is 12.3 Å². The van der Waals surface area contributed by atoms with Gasteiger partial charge in [-0.15, -0.1) is 0 Å². The summed E-state index contributed by atoms with van der Waals surface area (Å²) >= 11 is 5.96. The number of aromatic nitrogens is 1. The molecule has 0 bridgehead atoms. The van der Waals surface area contributed by atoms with Gasteiger partial charge in [-0.25, -0.2) is 0 Å². The maximum Gasteiger partial charge on any atom is 0.268 e. The summed E-state index contributed by atoms with van der Waals surface area (Å²) in [4.78, 5) is 12.1. The first-order valence-electron chi connectivity index (χ1n) is 5.97. The summed E-state index contributed by atoms with van der Waals surface area (Å²) in [6, 6.07) is 2.18. The highest BCUT2D eigenvalue weighted by Gasteiger charge is 2.20. The Morgan fingerprint density at radius 2 is 2.41 bits per heavy atom. The number of amides is 1. The SMILES string of the molecule is CC(C)n1cc(Cl)cc1C(=O)N[C@H]1CCNC1. The van der Waals surface area contributed by atoms with E-state index in [4.69, 9.17) is 11.6 Å². The summed E-state index contributed by atoms with van der Waals surface area (Å²) in [7, 11) is 0. The monoisotopic (exact) mass is 255 g/mol. The zero-order valence-corrected chi connectivity index (χ0v) is 10.9. The molecule has 2 N–H and O–H groups in total. The Kier molecular flexibility index (Phi) is 3.74. The lowest BCUT2D eigenvalue weighted by atomic mass is 10.2. The van der Waals surface area contributed by atoms with Crippen molar-refractivity contribution < 1.29 is 4.79 Å². The molecule has 0 spiro atoms. The quantitative estimate of drug-likeness (QED) is 0.866. The molecule has 94 valence electrons. The number of hydrogen-bond donors (Lipinski definition) is 2. The predicted octanol–water partition coefficient (Wildman–Crippen LogP) is 1.81. The number of rotatable bonds is 3. The first-order chi connectivity index (χ1) is 8.08. The van der Waals surface area contributed by atoms with Crippen molar-refractivity contribution in [3.05, 3.63) is 23.0 Å². The Balaban J connectivity index is 2.12. The fraction of sp³-hybridized carbons (Fsp3) is 0.583. The fourth-order valence-corrected chi connectivity index (χ4v) is 2.30.